The van der Waals surface area contributed by atoms with Gasteiger partial charge < -0.3 is 20.3 Å². The number of likely N-dealkylation sites (tertiary alicyclic amines) is 1. The van der Waals surface area contributed by atoms with E-state index in [1.54, 1.807) is 14.0 Å². The van der Waals surface area contributed by atoms with E-state index in [1.165, 1.54) is 0 Å². The molecule has 0 bridgehead atoms. The van der Waals surface area contributed by atoms with Crippen molar-refractivity contribution >= 4 is 23.3 Å². The van der Waals surface area contributed by atoms with E-state index in [1.807, 2.05) is 36.2 Å². The molecule has 2 aliphatic rings. The number of fused-ring (bicyclic) bond motifs is 1. The Morgan fingerprint density at radius 2 is 1.97 bits per heavy atom. The highest BCUT2D eigenvalue weighted by molar-refractivity contribution is 5.92. The van der Waals surface area contributed by atoms with Crippen molar-refractivity contribution in [1.29, 1.82) is 0 Å². The van der Waals surface area contributed by atoms with Gasteiger partial charge in [-0.1, -0.05) is 0 Å². The van der Waals surface area contributed by atoms with E-state index in [4.69, 9.17) is 14.7 Å². The molecule has 0 saturated carbocycles. The molecule has 32 heavy (non-hydrogen) atoms. The van der Waals surface area contributed by atoms with Crippen molar-refractivity contribution in [3.63, 3.8) is 0 Å². The van der Waals surface area contributed by atoms with E-state index in [-0.39, 0.29) is 17.7 Å². The Kier molecular flexibility index (Phi) is 6.55. The molecule has 2 aromatic rings. The summed E-state index contributed by atoms with van der Waals surface area (Å²) >= 11 is 0. The minimum absolute atomic E-state index is 0.0579. The van der Waals surface area contributed by atoms with Gasteiger partial charge in [0.05, 0.1) is 19.3 Å². The Morgan fingerprint density at radius 1 is 1.19 bits per heavy atom. The number of benzene rings is 1. The quantitative estimate of drug-likeness (QED) is 0.710. The highest BCUT2D eigenvalue weighted by atomic mass is 16.5. The fraction of sp³-hybridized carbons (Fsp3) is 0.478. The van der Waals surface area contributed by atoms with E-state index in [0.717, 1.165) is 60.3 Å². The van der Waals surface area contributed by atoms with Gasteiger partial charge in [0.25, 0.3) is 0 Å². The molecule has 0 aliphatic carbocycles. The lowest BCUT2D eigenvalue weighted by Crippen LogP contribution is -2.38. The Balaban J connectivity index is 1.41. The van der Waals surface area contributed by atoms with Crippen molar-refractivity contribution in [2.45, 2.75) is 32.2 Å². The van der Waals surface area contributed by atoms with Crippen LogP contribution < -0.4 is 15.4 Å². The molecular formula is C23H30N6O3. The monoisotopic (exact) mass is 438 g/mol. The molecule has 0 spiro atoms. The molecule has 1 fully saturated rings. The molecule has 4 rings (SSSR count). The number of methoxy groups -OCH3 is 1. The van der Waals surface area contributed by atoms with E-state index in [0.29, 0.717) is 19.6 Å². The van der Waals surface area contributed by atoms with E-state index >= 15 is 0 Å². The minimum Gasteiger partial charge on any atom is -0.497 e. The van der Waals surface area contributed by atoms with Crippen LogP contribution in [0.2, 0.25) is 0 Å². The number of ether oxygens (including phenoxy) is 1. The van der Waals surface area contributed by atoms with Crippen LogP contribution in [0.3, 0.4) is 0 Å². The zero-order chi connectivity index (χ0) is 22.7. The van der Waals surface area contributed by atoms with Crippen LogP contribution in [-0.4, -0.2) is 71.9 Å². The highest BCUT2D eigenvalue weighted by Gasteiger charge is 2.30. The number of anilines is 2. The van der Waals surface area contributed by atoms with Gasteiger partial charge in [-0.3, -0.25) is 14.5 Å². The van der Waals surface area contributed by atoms with Crippen molar-refractivity contribution in [1.82, 2.24) is 19.8 Å². The van der Waals surface area contributed by atoms with Crippen LogP contribution in [-0.2, 0) is 22.6 Å². The van der Waals surface area contributed by atoms with Gasteiger partial charge in [0, 0.05) is 63.7 Å². The fourth-order valence-electron chi connectivity index (χ4n) is 4.35. The number of rotatable bonds is 6. The highest BCUT2D eigenvalue weighted by Crippen LogP contribution is 2.30. The second-order valence-corrected chi connectivity index (χ2v) is 8.29. The first-order valence-corrected chi connectivity index (χ1v) is 11.0. The van der Waals surface area contributed by atoms with Crippen LogP contribution in [0.4, 0.5) is 11.5 Å². The maximum atomic E-state index is 12.6. The van der Waals surface area contributed by atoms with Crippen molar-refractivity contribution < 1.29 is 14.3 Å². The third kappa shape index (κ3) is 4.83. The molecule has 3 heterocycles. The zero-order valence-electron chi connectivity index (χ0n) is 18.9. The Hall–Kier alpha value is -3.20. The van der Waals surface area contributed by atoms with Crippen LogP contribution in [0.15, 0.2) is 24.3 Å². The number of nitrogens with one attached hydrogen (secondary N) is 2. The molecule has 2 aliphatic heterocycles. The first-order chi connectivity index (χ1) is 15.5. The topological polar surface area (TPSA) is 99.7 Å². The van der Waals surface area contributed by atoms with Gasteiger partial charge in [-0.05, 0) is 30.7 Å². The van der Waals surface area contributed by atoms with Gasteiger partial charge in [-0.25, -0.2) is 9.97 Å². The maximum Gasteiger partial charge on any atom is 0.238 e. The van der Waals surface area contributed by atoms with Gasteiger partial charge in [-0.15, -0.1) is 0 Å². The van der Waals surface area contributed by atoms with Gasteiger partial charge >= 0.3 is 0 Å². The number of hydrogen-bond donors (Lipinski definition) is 2. The second kappa shape index (κ2) is 9.52. The molecule has 0 radical (unpaired) electrons. The molecule has 2 N–H and O–H groups in total. The van der Waals surface area contributed by atoms with Crippen LogP contribution in [0.25, 0.3) is 0 Å². The molecule has 1 unspecified atom stereocenters. The first kappa shape index (κ1) is 22.0. The fourth-order valence-corrected chi connectivity index (χ4v) is 4.35. The number of aromatic nitrogens is 2. The average Bonchev–Trinajstić information content (AvgIpc) is 3.29. The molecule has 9 heteroatoms. The summed E-state index contributed by atoms with van der Waals surface area (Å²) in [6.07, 6.45) is 1.65. The minimum atomic E-state index is -0.0579. The zero-order valence-corrected chi connectivity index (χ0v) is 18.9. The maximum absolute atomic E-state index is 12.6. The smallest absolute Gasteiger partial charge is 0.238 e. The van der Waals surface area contributed by atoms with E-state index in [2.05, 4.69) is 15.5 Å². The summed E-state index contributed by atoms with van der Waals surface area (Å²) in [4.78, 5) is 37.8. The molecule has 170 valence electrons. The van der Waals surface area contributed by atoms with Crippen molar-refractivity contribution in [3.8, 4) is 5.75 Å². The summed E-state index contributed by atoms with van der Waals surface area (Å²) in [7, 11) is 3.47. The number of carbonyl (C=O) groups is 2. The van der Waals surface area contributed by atoms with Crippen LogP contribution in [0.5, 0.6) is 5.75 Å². The summed E-state index contributed by atoms with van der Waals surface area (Å²) in [5, 5.41) is 6.14. The summed E-state index contributed by atoms with van der Waals surface area (Å²) in [5.41, 5.74) is 2.82. The second-order valence-electron chi connectivity index (χ2n) is 8.29. The van der Waals surface area contributed by atoms with Gasteiger partial charge in [0.2, 0.25) is 11.8 Å². The lowest BCUT2D eigenvalue weighted by molar-refractivity contribution is -0.127. The SMILES string of the molecule is CNc1nc(C2CCN(C(C)=O)C2)nc2c1CN(CC(=O)Nc1ccc(OC)cc1)CC2. The van der Waals surface area contributed by atoms with Gasteiger partial charge in [0.15, 0.2) is 0 Å². The average molecular weight is 439 g/mol. The van der Waals surface area contributed by atoms with Gasteiger partial charge in [-0.2, -0.15) is 0 Å². The lowest BCUT2D eigenvalue weighted by Gasteiger charge is -2.29. The van der Waals surface area contributed by atoms with Crippen LogP contribution in [0, 0.1) is 0 Å². The predicted octanol–water partition coefficient (Wildman–Crippen LogP) is 1.86. The number of nitrogens with zero attached hydrogens (tertiary/aromatic N) is 4. The molecule has 1 aromatic heterocycles. The lowest BCUT2D eigenvalue weighted by atomic mass is 10.0. The van der Waals surface area contributed by atoms with Crippen molar-refractivity contribution in [2.24, 2.45) is 0 Å². The summed E-state index contributed by atoms with van der Waals surface area (Å²) in [5.74, 6) is 2.58. The molecule has 1 saturated heterocycles. The molecule has 1 aromatic carbocycles. The summed E-state index contributed by atoms with van der Waals surface area (Å²) in [6.45, 7) is 4.71. The summed E-state index contributed by atoms with van der Waals surface area (Å²) in [6, 6.07) is 7.29. The summed E-state index contributed by atoms with van der Waals surface area (Å²) < 4.78 is 5.15. The molecular weight excluding hydrogens is 408 g/mol. The predicted molar refractivity (Wildman–Crippen MR) is 122 cm³/mol. The normalized spacial score (nSPS) is 18.2. The first-order valence-electron chi connectivity index (χ1n) is 11.0. The third-order valence-corrected chi connectivity index (χ3v) is 6.13. The Morgan fingerprint density at radius 3 is 2.62 bits per heavy atom. The van der Waals surface area contributed by atoms with Gasteiger partial charge in [0.1, 0.15) is 17.4 Å². The standard InChI is InChI=1S/C23H30N6O3/c1-15(30)29-11-8-16(12-29)22-26-20-9-10-28(13-19(20)23(24-2)27-22)14-21(31)25-17-4-6-18(32-3)7-5-17/h4-7,16H,8-14H2,1-3H3,(H,25,31)(H,24,26,27). The molecule has 1 atom stereocenters. The van der Waals surface area contributed by atoms with Crippen molar-refractivity contribution in [2.75, 3.05) is 51.0 Å². The number of hydrogen-bond acceptors (Lipinski definition) is 7. The number of amides is 2. The van der Waals surface area contributed by atoms with E-state index < -0.39 is 0 Å². The van der Waals surface area contributed by atoms with Crippen LogP contribution >= 0.6 is 0 Å². The van der Waals surface area contributed by atoms with Crippen molar-refractivity contribution in [3.05, 3.63) is 41.3 Å². The number of carbonyl (C=O) groups excluding carboxylic acids is 2. The molecule has 9 nitrogen and oxygen atoms in total. The van der Waals surface area contributed by atoms with Crippen LogP contribution in [0.1, 0.15) is 36.3 Å². The largest absolute Gasteiger partial charge is 0.497 e. The Labute approximate surface area is 188 Å². The van der Waals surface area contributed by atoms with E-state index in [9.17, 15) is 9.59 Å². The molecule has 2 amide bonds. The third-order valence-electron chi connectivity index (χ3n) is 6.13. The Bertz CT molecular complexity index is 977.